The minimum atomic E-state index is 0. The fourth-order valence-electron chi connectivity index (χ4n) is 14.4. The van der Waals surface area contributed by atoms with Gasteiger partial charge in [-0.25, -0.2) is 0 Å². The van der Waals surface area contributed by atoms with Crippen molar-refractivity contribution in [3.63, 3.8) is 0 Å². The number of aromatic nitrogens is 4. The van der Waals surface area contributed by atoms with Crippen LogP contribution in [-0.2, 0) is 45.4 Å². The highest BCUT2D eigenvalue weighted by molar-refractivity contribution is 5.96. The summed E-state index contributed by atoms with van der Waals surface area (Å²) in [6.45, 7) is 21.8. The van der Waals surface area contributed by atoms with Gasteiger partial charge < -0.3 is 0 Å². The molecule has 17 rings (SSSR count). The van der Waals surface area contributed by atoms with Crippen molar-refractivity contribution in [2.24, 2.45) is 0 Å². The van der Waals surface area contributed by atoms with Gasteiger partial charge in [-0.15, -0.1) is 0 Å². The quantitative estimate of drug-likeness (QED) is 0.153. The van der Waals surface area contributed by atoms with Crippen molar-refractivity contribution in [3.05, 3.63) is 260 Å². The third-order valence-electron chi connectivity index (χ3n) is 18.1. The van der Waals surface area contributed by atoms with E-state index in [-0.39, 0.29) is 7.43 Å². The SMILES string of the molecule is C.CCCc1ccc2c(c1)-c1ccc3ccccc3[n+]1C2.Cc1cc(C)c2c(c1)-c1c3cc(C)ccc3cc[n+]1C2.Cc1cc(C)c2c(c1)-c1c3ccccc3cc[n+]1C2.Cc1cc(C)c2c3c1CCc1cc4ccccc4[n+](c1-3)C2. The Labute approximate surface area is 478 Å². The smallest absolute Gasteiger partial charge is 0.193 e. The highest BCUT2D eigenvalue weighted by Crippen LogP contribution is 2.43. The summed E-state index contributed by atoms with van der Waals surface area (Å²) < 4.78 is 9.75. The number of aryl methyl sites for hydroxylation is 9. The van der Waals surface area contributed by atoms with Crippen molar-refractivity contribution in [1.82, 2.24) is 0 Å². The number of nitrogens with zero attached hydrogens (tertiary/aromatic N) is 4. The topological polar surface area (TPSA) is 15.5 Å². The number of fused-ring (bicyclic) bond motifs is 17. The van der Waals surface area contributed by atoms with Crippen molar-refractivity contribution < 1.29 is 18.3 Å². The van der Waals surface area contributed by atoms with E-state index in [0.717, 1.165) is 26.2 Å². The molecule has 1 aliphatic carbocycles. The molecule has 0 fully saturated rings. The molecule has 4 aromatic heterocycles. The molecule has 4 heteroatoms. The van der Waals surface area contributed by atoms with E-state index in [1.165, 1.54) is 175 Å². The molecule has 0 atom stereocenters. The molecule has 4 aliphatic heterocycles. The summed E-state index contributed by atoms with van der Waals surface area (Å²) in [6, 6.07) is 62.8. The van der Waals surface area contributed by atoms with E-state index < -0.39 is 0 Å². The third-order valence-corrected chi connectivity index (χ3v) is 18.1. The van der Waals surface area contributed by atoms with Crippen LogP contribution in [-0.4, -0.2) is 0 Å². The van der Waals surface area contributed by atoms with Crippen LogP contribution in [0.4, 0.5) is 0 Å². The average Bonchev–Trinajstić information content (AvgIpc) is 3.87. The van der Waals surface area contributed by atoms with Crippen LogP contribution in [0, 0.1) is 48.5 Å². The molecule has 0 unspecified atom stereocenters. The van der Waals surface area contributed by atoms with Crippen molar-refractivity contribution in [2.45, 2.75) is 115 Å². The van der Waals surface area contributed by atoms with Gasteiger partial charge in [0.2, 0.25) is 33.8 Å². The van der Waals surface area contributed by atoms with Crippen molar-refractivity contribution >= 4 is 43.4 Å². The largest absolute Gasteiger partial charge is 0.221 e. The maximum absolute atomic E-state index is 2.55. The van der Waals surface area contributed by atoms with Gasteiger partial charge in [0.25, 0.3) is 0 Å². The van der Waals surface area contributed by atoms with E-state index in [9.17, 15) is 0 Å². The van der Waals surface area contributed by atoms with Crippen LogP contribution in [0.3, 0.4) is 0 Å². The maximum Gasteiger partial charge on any atom is 0.221 e. The fourth-order valence-corrected chi connectivity index (χ4v) is 14.4. The first-order chi connectivity index (χ1) is 39.0. The fraction of sp³-hybridized carbons (Fsp3) is 0.221. The van der Waals surface area contributed by atoms with Crippen LogP contribution in [0.5, 0.6) is 0 Å². The molecule has 81 heavy (non-hydrogen) atoms. The minimum Gasteiger partial charge on any atom is -0.193 e. The Hall–Kier alpha value is -8.60. The molecule has 8 heterocycles. The summed E-state index contributed by atoms with van der Waals surface area (Å²) in [7, 11) is 0. The van der Waals surface area contributed by atoms with Crippen molar-refractivity contribution in [1.29, 1.82) is 0 Å². The van der Waals surface area contributed by atoms with E-state index >= 15 is 0 Å². The Kier molecular flexibility index (Phi) is 13.1. The Balaban J connectivity index is 0.000000101. The van der Waals surface area contributed by atoms with Crippen molar-refractivity contribution in [2.75, 3.05) is 0 Å². The minimum absolute atomic E-state index is 0. The molecular weight excluding hydrogens is 981 g/mol. The van der Waals surface area contributed by atoms with Crippen LogP contribution < -0.4 is 18.3 Å². The maximum atomic E-state index is 2.55. The summed E-state index contributed by atoms with van der Waals surface area (Å²) >= 11 is 0. The Bertz CT molecular complexity index is 4580. The number of rotatable bonds is 2. The van der Waals surface area contributed by atoms with Gasteiger partial charge in [0.1, 0.15) is 0 Å². The lowest BCUT2D eigenvalue weighted by molar-refractivity contribution is -0.671. The Morgan fingerprint density at radius 2 is 0.975 bits per heavy atom. The second kappa shape index (κ2) is 20.5. The molecule has 398 valence electrons. The molecule has 0 saturated heterocycles. The van der Waals surface area contributed by atoms with E-state index in [4.69, 9.17) is 0 Å². The summed E-state index contributed by atoms with van der Waals surface area (Å²) in [6.07, 6.45) is 9.18. The number of pyridine rings is 4. The molecular formula is C77H74N4+4. The number of hydrogen-bond acceptors (Lipinski definition) is 0. The van der Waals surface area contributed by atoms with Gasteiger partial charge in [-0.3, -0.25) is 0 Å². The van der Waals surface area contributed by atoms with Gasteiger partial charge in [0, 0.05) is 68.9 Å². The van der Waals surface area contributed by atoms with Gasteiger partial charge in [0.15, 0.2) is 38.6 Å². The molecule has 0 spiro atoms. The summed E-state index contributed by atoms with van der Waals surface area (Å²) in [5.74, 6) is 0. The zero-order valence-corrected chi connectivity index (χ0v) is 47.8. The third kappa shape index (κ3) is 8.83. The monoisotopic (exact) mass is 1050 g/mol. The van der Waals surface area contributed by atoms with Gasteiger partial charge in [-0.1, -0.05) is 111 Å². The van der Waals surface area contributed by atoms with E-state index in [2.05, 4.69) is 256 Å². The second-order valence-electron chi connectivity index (χ2n) is 23.6. The predicted octanol–water partition coefficient (Wildman–Crippen LogP) is 16.5. The second-order valence-corrected chi connectivity index (χ2v) is 23.6. The van der Waals surface area contributed by atoms with Crippen LogP contribution in [0.2, 0.25) is 0 Å². The predicted molar refractivity (Wildman–Crippen MR) is 336 cm³/mol. The van der Waals surface area contributed by atoms with E-state index in [1.54, 1.807) is 16.7 Å². The first-order valence-electron chi connectivity index (χ1n) is 29.1. The van der Waals surface area contributed by atoms with Crippen LogP contribution in [0.1, 0.15) is 98.7 Å². The molecule has 0 radical (unpaired) electrons. The first kappa shape index (κ1) is 51.8. The standard InChI is InChI=1S/C20H18N.2C19H18N.C18H16N.CH4/c1-12-9-13(2)17-11-21-18-6-4-3-5-14(18)10-15-7-8-16(12)19(17)20(15)21;1-12-4-5-15-6-7-20-11-18-14(3)8-13(2)10-17(18)19(20)16(15)9-12;1-2-5-14-8-9-16-13-20-18-7-4-3-6-15(18)10-11-19(20)17(16)12-14;1-12-9-13(2)17-11-19-8-7-14-5-3-4-6-15(14)18(19)16(17)10-12;/h3-6,9-10H,7-8,11H2,1-2H3;4-10H,11H2,1-3H3;3-4,6-12H,2,5,13H2,1H3;3-10H,11H2,1-2H3;1H4/q4*+1;. The number of para-hydroxylation sites is 2. The lowest BCUT2D eigenvalue weighted by atomic mass is 9.83. The van der Waals surface area contributed by atoms with Crippen LogP contribution in [0.25, 0.3) is 88.4 Å². The molecule has 0 amide bonds. The van der Waals surface area contributed by atoms with Crippen LogP contribution >= 0.6 is 0 Å². The Morgan fingerprint density at radius 3 is 1.68 bits per heavy atom. The normalized spacial score (nSPS) is 12.9. The van der Waals surface area contributed by atoms with Gasteiger partial charge >= 0.3 is 0 Å². The highest BCUT2D eigenvalue weighted by atomic mass is 15.0. The highest BCUT2D eigenvalue weighted by Gasteiger charge is 2.38. The zero-order chi connectivity index (χ0) is 54.5. The van der Waals surface area contributed by atoms with Gasteiger partial charge in [-0.05, 0) is 178 Å². The molecule has 5 aliphatic rings. The van der Waals surface area contributed by atoms with Crippen LogP contribution in [0.15, 0.2) is 182 Å². The van der Waals surface area contributed by atoms with Gasteiger partial charge in [-0.2, -0.15) is 18.3 Å². The lowest BCUT2D eigenvalue weighted by Gasteiger charge is -2.18. The average molecular weight is 1060 g/mol. The molecule has 0 bridgehead atoms. The summed E-state index contributed by atoms with van der Waals surface area (Å²) in [5.41, 5.74) is 34.4. The molecule has 4 nitrogen and oxygen atoms in total. The Morgan fingerprint density at radius 1 is 0.383 bits per heavy atom. The van der Waals surface area contributed by atoms with Gasteiger partial charge in [0.05, 0.1) is 33.0 Å². The molecule has 0 N–H and O–H groups in total. The summed E-state index contributed by atoms with van der Waals surface area (Å²) in [5, 5.41) is 8.07. The zero-order valence-electron chi connectivity index (χ0n) is 47.8. The molecule has 12 aromatic rings. The summed E-state index contributed by atoms with van der Waals surface area (Å²) in [4.78, 5) is 0. The van der Waals surface area contributed by atoms with Crippen molar-refractivity contribution in [3.8, 4) is 45.0 Å². The lowest BCUT2D eigenvalue weighted by Crippen LogP contribution is -2.35. The molecule has 8 aromatic carbocycles. The molecule has 0 saturated carbocycles. The van der Waals surface area contributed by atoms with E-state index in [1.807, 2.05) is 0 Å². The first-order valence-corrected chi connectivity index (χ1v) is 29.1. The van der Waals surface area contributed by atoms with E-state index in [0.29, 0.717) is 0 Å². The number of benzene rings is 8. The number of hydrogen-bond donors (Lipinski definition) is 0.